The van der Waals surface area contributed by atoms with Crippen LogP contribution in [0.4, 0.5) is 0 Å². The summed E-state index contributed by atoms with van der Waals surface area (Å²) in [6.07, 6.45) is 3.89. The van der Waals surface area contributed by atoms with E-state index in [1.165, 1.54) is 0 Å². The van der Waals surface area contributed by atoms with Gasteiger partial charge in [0.1, 0.15) is 5.75 Å². The first kappa shape index (κ1) is 19.4. The highest BCUT2D eigenvalue weighted by molar-refractivity contribution is 7.80. The smallest absolute Gasteiger partial charge is 0.170 e. The Kier molecular flexibility index (Phi) is 5.78. The van der Waals surface area contributed by atoms with Gasteiger partial charge < -0.3 is 24.3 Å². The molecule has 150 valence electrons. The molecule has 2 aromatic heterocycles. The van der Waals surface area contributed by atoms with Gasteiger partial charge in [-0.2, -0.15) is 0 Å². The third kappa shape index (κ3) is 3.83. The molecule has 1 N–H and O–H groups in total. The largest absolute Gasteiger partial charge is 0.497 e. The van der Waals surface area contributed by atoms with Crippen LogP contribution in [-0.2, 0) is 4.74 Å². The molecule has 6 nitrogen and oxygen atoms in total. The Morgan fingerprint density at radius 2 is 1.90 bits per heavy atom. The van der Waals surface area contributed by atoms with Gasteiger partial charge in [0, 0.05) is 37.4 Å². The van der Waals surface area contributed by atoms with Gasteiger partial charge in [0.2, 0.25) is 0 Å². The number of thiocarbonyl (C=S) groups is 1. The summed E-state index contributed by atoms with van der Waals surface area (Å²) in [7, 11) is 3.38. The lowest BCUT2D eigenvalue weighted by Gasteiger charge is -2.28. The van der Waals surface area contributed by atoms with Gasteiger partial charge in [0.05, 0.1) is 31.5 Å². The van der Waals surface area contributed by atoms with Gasteiger partial charge in [-0.15, -0.1) is 0 Å². The van der Waals surface area contributed by atoms with Crippen molar-refractivity contribution in [2.24, 2.45) is 0 Å². The molecule has 1 aliphatic heterocycles. The Bertz CT molecular complexity index is 958. The second-order valence-electron chi connectivity index (χ2n) is 6.81. The molecule has 29 heavy (non-hydrogen) atoms. The normalized spacial score (nSPS) is 18.7. The van der Waals surface area contributed by atoms with Crippen molar-refractivity contribution in [1.82, 2.24) is 19.8 Å². The number of nitrogens with one attached hydrogen (secondary N) is 1. The highest BCUT2D eigenvalue weighted by Crippen LogP contribution is 2.39. The molecule has 0 amide bonds. The summed E-state index contributed by atoms with van der Waals surface area (Å²) in [4.78, 5) is 6.78. The average molecular weight is 409 g/mol. The van der Waals surface area contributed by atoms with Crippen LogP contribution in [0.2, 0.25) is 0 Å². The lowest BCUT2D eigenvalue weighted by atomic mass is 10.0. The molecule has 2 atom stereocenters. The van der Waals surface area contributed by atoms with Gasteiger partial charge in [-0.25, -0.2) is 0 Å². The number of hydrogen-bond acceptors (Lipinski definition) is 4. The molecule has 0 spiro atoms. The molecule has 1 aliphatic rings. The van der Waals surface area contributed by atoms with Crippen LogP contribution in [0.1, 0.15) is 23.5 Å². The van der Waals surface area contributed by atoms with E-state index in [1.807, 2.05) is 36.5 Å². The molecule has 0 unspecified atom stereocenters. The highest BCUT2D eigenvalue weighted by atomic mass is 32.1. The van der Waals surface area contributed by atoms with E-state index in [0.717, 1.165) is 22.8 Å². The number of aromatic nitrogens is 2. The number of ether oxygens (including phenoxy) is 2. The van der Waals surface area contributed by atoms with Crippen molar-refractivity contribution in [2.75, 3.05) is 27.4 Å². The van der Waals surface area contributed by atoms with Crippen molar-refractivity contribution in [3.8, 4) is 11.4 Å². The van der Waals surface area contributed by atoms with Crippen LogP contribution in [0.15, 0.2) is 67.0 Å². The molecule has 4 rings (SSSR count). The predicted molar refractivity (Wildman–Crippen MR) is 116 cm³/mol. The quantitative estimate of drug-likeness (QED) is 0.604. The summed E-state index contributed by atoms with van der Waals surface area (Å²) in [6, 6.07) is 18.1. The fourth-order valence-corrected chi connectivity index (χ4v) is 4.10. The molecular formula is C22H24N4O2S. The maximum absolute atomic E-state index is 5.68. The minimum Gasteiger partial charge on any atom is -0.497 e. The topological polar surface area (TPSA) is 51.5 Å². The Morgan fingerprint density at radius 1 is 1.07 bits per heavy atom. The van der Waals surface area contributed by atoms with E-state index in [0.29, 0.717) is 18.3 Å². The molecule has 3 aromatic rings. The minimum atomic E-state index is -0.0487. The fourth-order valence-electron chi connectivity index (χ4n) is 3.77. The van der Waals surface area contributed by atoms with E-state index in [1.54, 1.807) is 14.2 Å². The first-order valence-corrected chi connectivity index (χ1v) is 9.92. The number of nitrogens with zero attached hydrogens (tertiary/aromatic N) is 3. The lowest BCUT2D eigenvalue weighted by Crippen LogP contribution is -2.33. The molecule has 1 saturated heterocycles. The van der Waals surface area contributed by atoms with Crippen LogP contribution in [0.5, 0.6) is 5.75 Å². The third-order valence-corrected chi connectivity index (χ3v) is 5.52. The van der Waals surface area contributed by atoms with Gasteiger partial charge in [0.25, 0.3) is 0 Å². The van der Waals surface area contributed by atoms with Crippen LogP contribution >= 0.6 is 12.2 Å². The van der Waals surface area contributed by atoms with E-state index < -0.39 is 0 Å². The monoisotopic (exact) mass is 408 g/mol. The number of rotatable bonds is 7. The van der Waals surface area contributed by atoms with E-state index in [4.69, 9.17) is 21.7 Å². The van der Waals surface area contributed by atoms with Crippen molar-refractivity contribution in [1.29, 1.82) is 0 Å². The Hall–Kier alpha value is -2.90. The third-order valence-electron chi connectivity index (χ3n) is 5.17. The van der Waals surface area contributed by atoms with Crippen LogP contribution in [-0.4, -0.2) is 46.9 Å². The zero-order valence-corrected chi connectivity index (χ0v) is 17.3. The molecule has 0 aliphatic carbocycles. The van der Waals surface area contributed by atoms with Crippen molar-refractivity contribution < 1.29 is 9.47 Å². The minimum absolute atomic E-state index is 0.00958. The molecule has 3 heterocycles. The Balaban J connectivity index is 1.76. The van der Waals surface area contributed by atoms with Gasteiger partial charge in [-0.3, -0.25) is 4.98 Å². The second kappa shape index (κ2) is 8.63. The van der Waals surface area contributed by atoms with Gasteiger partial charge in [0.15, 0.2) is 5.11 Å². The average Bonchev–Trinajstić information content (AvgIpc) is 3.37. The zero-order valence-electron chi connectivity index (χ0n) is 16.5. The van der Waals surface area contributed by atoms with Gasteiger partial charge >= 0.3 is 0 Å². The Labute approximate surface area is 176 Å². The number of benzene rings is 1. The van der Waals surface area contributed by atoms with Crippen molar-refractivity contribution in [2.45, 2.75) is 12.1 Å². The predicted octanol–water partition coefficient (Wildman–Crippen LogP) is 3.50. The molecular weight excluding hydrogens is 384 g/mol. The molecule has 0 radical (unpaired) electrons. The first-order valence-electron chi connectivity index (χ1n) is 9.51. The summed E-state index contributed by atoms with van der Waals surface area (Å²) < 4.78 is 12.8. The maximum Gasteiger partial charge on any atom is 0.170 e. The van der Waals surface area contributed by atoms with E-state index >= 15 is 0 Å². The highest BCUT2D eigenvalue weighted by Gasteiger charge is 2.40. The number of hydrogen-bond donors (Lipinski definition) is 1. The summed E-state index contributed by atoms with van der Waals surface area (Å²) >= 11 is 5.68. The number of pyridine rings is 1. The standard InChI is InChI=1S/C22H24N4O2S/c1-27-15-14-26-21(20(24-22(26)29)18-6-3-4-12-23-18)19-7-5-13-25(19)16-8-10-17(28-2)11-9-16/h3-13,20-21H,14-15H2,1-2H3,(H,24,29)/t20-,21+/m0/s1. The summed E-state index contributed by atoms with van der Waals surface area (Å²) in [5.41, 5.74) is 3.16. The maximum atomic E-state index is 5.68. The van der Waals surface area contributed by atoms with E-state index in [9.17, 15) is 0 Å². The molecule has 1 aromatic carbocycles. The van der Waals surface area contributed by atoms with Crippen molar-refractivity contribution >= 4 is 17.3 Å². The van der Waals surface area contributed by atoms with Crippen molar-refractivity contribution in [3.05, 3.63) is 78.4 Å². The summed E-state index contributed by atoms with van der Waals surface area (Å²) in [6.45, 7) is 1.29. The molecule has 1 fully saturated rings. The van der Waals surface area contributed by atoms with Crippen LogP contribution in [0.3, 0.4) is 0 Å². The van der Waals surface area contributed by atoms with Crippen molar-refractivity contribution in [3.63, 3.8) is 0 Å². The van der Waals surface area contributed by atoms with Crippen LogP contribution < -0.4 is 10.1 Å². The van der Waals surface area contributed by atoms with E-state index in [-0.39, 0.29) is 12.1 Å². The van der Waals surface area contributed by atoms with Crippen LogP contribution in [0.25, 0.3) is 5.69 Å². The van der Waals surface area contributed by atoms with Crippen LogP contribution in [0, 0.1) is 0 Å². The summed E-state index contributed by atoms with van der Waals surface area (Å²) in [5.74, 6) is 0.833. The lowest BCUT2D eigenvalue weighted by molar-refractivity contribution is 0.163. The second-order valence-corrected chi connectivity index (χ2v) is 7.20. The summed E-state index contributed by atoms with van der Waals surface area (Å²) in [5, 5.41) is 4.18. The number of methoxy groups -OCH3 is 2. The molecule has 7 heteroatoms. The SMILES string of the molecule is COCCN1C(=S)N[C@@H](c2ccccn2)[C@H]1c1cccn1-c1ccc(OC)cc1. The fraction of sp³-hybridized carbons (Fsp3) is 0.273. The van der Waals surface area contributed by atoms with E-state index in [2.05, 4.69) is 50.2 Å². The zero-order chi connectivity index (χ0) is 20.2. The van der Waals surface area contributed by atoms with Gasteiger partial charge in [-0.1, -0.05) is 6.07 Å². The Morgan fingerprint density at radius 3 is 2.59 bits per heavy atom. The molecule has 0 saturated carbocycles. The first-order chi connectivity index (χ1) is 14.2. The van der Waals surface area contributed by atoms with Gasteiger partial charge in [-0.05, 0) is 60.7 Å². The molecule has 0 bridgehead atoms.